The fourth-order valence-electron chi connectivity index (χ4n) is 4.46. The smallest absolute Gasteiger partial charge is 0.0865 e. The average molecular weight is 452 g/mol. The van der Waals surface area contributed by atoms with Crippen molar-refractivity contribution in [2.24, 2.45) is 0 Å². The van der Waals surface area contributed by atoms with Gasteiger partial charge in [-0.25, -0.2) is 0 Å². The van der Waals surface area contributed by atoms with E-state index < -0.39 is 0 Å². The minimum Gasteiger partial charge on any atom is -0.374 e. The average Bonchev–Trinajstić information content (AvgIpc) is 2.89. The van der Waals surface area contributed by atoms with Gasteiger partial charge in [-0.05, 0) is 28.3 Å². The van der Waals surface area contributed by atoms with Crippen LogP contribution in [0.1, 0.15) is 16.4 Å². The summed E-state index contributed by atoms with van der Waals surface area (Å²) < 4.78 is 6.42. The second-order valence-corrected chi connectivity index (χ2v) is 9.62. The van der Waals surface area contributed by atoms with Crippen molar-refractivity contribution >= 4 is 11.8 Å². The van der Waals surface area contributed by atoms with E-state index in [0.29, 0.717) is 0 Å². The molecule has 0 saturated carbocycles. The Labute approximate surface area is 201 Å². The topological polar surface area (TPSA) is 12.5 Å². The Morgan fingerprint density at radius 2 is 1.39 bits per heavy atom. The van der Waals surface area contributed by atoms with Crippen LogP contribution in [0.4, 0.5) is 0 Å². The molecule has 0 radical (unpaired) electrons. The molecular weight excluding hydrogens is 422 g/mol. The summed E-state index contributed by atoms with van der Waals surface area (Å²) >= 11 is 1.93. The SMILES string of the molecule is c1ccc(CN2CCO[C@H](C(Sc3ccccc3-c3ccccc3)c3ccccc3)C2)cc1. The molecule has 1 fully saturated rings. The van der Waals surface area contributed by atoms with Gasteiger partial charge in [-0.1, -0.05) is 109 Å². The van der Waals surface area contributed by atoms with Crippen molar-refractivity contribution in [2.75, 3.05) is 19.7 Å². The van der Waals surface area contributed by atoms with Crippen LogP contribution in [-0.2, 0) is 11.3 Å². The zero-order valence-corrected chi connectivity index (χ0v) is 19.5. The van der Waals surface area contributed by atoms with Crippen LogP contribution >= 0.6 is 11.8 Å². The summed E-state index contributed by atoms with van der Waals surface area (Å²) in [5.41, 5.74) is 5.21. The van der Waals surface area contributed by atoms with Crippen molar-refractivity contribution in [3.05, 3.63) is 126 Å². The highest BCUT2D eigenvalue weighted by atomic mass is 32.2. The van der Waals surface area contributed by atoms with Gasteiger partial charge in [0.1, 0.15) is 0 Å². The third kappa shape index (κ3) is 5.56. The van der Waals surface area contributed by atoms with Gasteiger partial charge >= 0.3 is 0 Å². The van der Waals surface area contributed by atoms with Gasteiger partial charge in [0, 0.05) is 24.5 Å². The molecule has 0 aromatic heterocycles. The van der Waals surface area contributed by atoms with Gasteiger partial charge in [-0.15, -0.1) is 11.8 Å². The van der Waals surface area contributed by atoms with E-state index in [-0.39, 0.29) is 11.4 Å². The number of hydrogen-bond donors (Lipinski definition) is 0. The van der Waals surface area contributed by atoms with Crippen LogP contribution < -0.4 is 0 Å². The van der Waals surface area contributed by atoms with Gasteiger partial charge in [-0.2, -0.15) is 0 Å². The molecule has 0 amide bonds. The lowest BCUT2D eigenvalue weighted by Gasteiger charge is -2.37. The van der Waals surface area contributed by atoms with Crippen LogP contribution in [0.2, 0.25) is 0 Å². The number of morpholine rings is 1. The van der Waals surface area contributed by atoms with E-state index in [9.17, 15) is 0 Å². The van der Waals surface area contributed by atoms with E-state index in [1.165, 1.54) is 27.1 Å². The zero-order valence-electron chi connectivity index (χ0n) is 18.7. The zero-order chi connectivity index (χ0) is 22.3. The van der Waals surface area contributed by atoms with Gasteiger partial charge in [0.05, 0.1) is 18.0 Å². The van der Waals surface area contributed by atoms with Crippen molar-refractivity contribution in [1.82, 2.24) is 4.90 Å². The summed E-state index contributed by atoms with van der Waals surface area (Å²) in [5.74, 6) is 0. The second-order valence-electron chi connectivity index (χ2n) is 8.44. The molecular formula is C30H29NOS. The first-order chi connectivity index (χ1) is 16.4. The Kier molecular flexibility index (Phi) is 7.22. The molecule has 0 spiro atoms. The number of thioether (sulfide) groups is 1. The highest BCUT2D eigenvalue weighted by molar-refractivity contribution is 7.99. The van der Waals surface area contributed by atoms with Crippen LogP contribution in [0, 0.1) is 0 Å². The van der Waals surface area contributed by atoms with Gasteiger partial charge in [0.2, 0.25) is 0 Å². The minimum absolute atomic E-state index is 0.124. The number of nitrogens with zero attached hydrogens (tertiary/aromatic N) is 1. The molecule has 2 nitrogen and oxygen atoms in total. The van der Waals surface area contributed by atoms with E-state index in [1.807, 2.05) is 11.8 Å². The highest BCUT2D eigenvalue weighted by Crippen LogP contribution is 2.43. The summed E-state index contributed by atoms with van der Waals surface area (Å²) in [6.07, 6.45) is 0.124. The Bertz CT molecular complexity index is 1130. The monoisotopic (exact) mass is 451 g/mol. The van der Waals surface area contributed by atoms with Crippen LogP contribution in [0.15, 0.2) is 120 Å². The largest absolute Gasteiger partial charge is 0.374 e. The lowest BCUT2D eigenvalue weighted by atomic mass is 10.1. The fraction of sp³-hybridized carbons (Fsp3) is 0.200. The number of rotatable bonds is 7. The molecule has 166 valence electrons. The Morgan fingerprint density at radius 1 is 0.758 bits per heavy atom. The maximum absolute atomic E-state index is 6.42. The van der Waals surface area contributed by atoms with E-state index in [2.05, 4.69) is 120 Å². The molecule has 5 rings (SSSR count). The van der Waals surface area contributed by atoms with Gasteiger partial charge < -0.3 is 4.74 Å². The first-order valence-electron chi connectivity index (χ1n) is 11.6. The van der Waals surface area contributed by atoms with Crippen LogP contribution in [0.25, 0.3) is 11.1 Å². The molecule has 0 N–H and O–H groups in total. The van der Waals surface area contributed by atoms with Crippen molar-refractivity contribution in [3.8, 4) is 11.1 Å². The van der Waals surface area contributed by atoms with E-state index in [1.54, 1.807) is 0 Å². The maximum Gasteiger partial charge on any atom is 0.0865 e. The fourth-order valence-corrected chi connectivity index (χ4v) is 5.82. The van der Waals surface area contributed by atoms with E-state index >= 15 is 0 Å². The molecule has 3 heteroatoms. The predicted molar refractivity (Wildman–Crippen MR) is 138 cm³/mol. The van der Waals surface area contributed by atoms with Gasteiger partial charge in [0.25, 0.3) is 0 Å². The predicted octanol–water partition coefficient (Wildman–Crippen LogP) is 7.09. The minimum atomic E-state index is 0.124. The molecule has 4 aromatic rings. The number of ether oxygens (including phenoxy) is 1. The third-order valence-electron chi connectivity index (χ3n) is 6.12. The van der Waals surface area contributed by atoms with E-state index in [4.69, 9.17) is 4.74 Å². The molecule has 33 heavy (non-hydrogen) atoms. The number of benzene rings is 4. The Hall–Kier alpha value is -2.85. The van der Waals surface area contributed by atoms with Crippen molar-refractivity contribution in [3.63, 3.8) is 0 Å². The van der Waals surface area contributed by atoms with E-state index in [0.717, 1.165) is 26.2 Å². The van der Waals surface area contributed by atoms with Gasteiger partial charge in [0.15, 0.2) is 0 Å². The Morgan fingerprint density at radius 3 is 2.15 bits per heavy atom. The van der Waals surface area contributed by atoms with Crippen molar-refractivity contribution in [1.29, 1.82) is 0 Å². The van der Waals surface area contributed by atoms with Crippen molar-refractivity contribution < 1.29 is 4.74 Å². The highest BCUT2D eigenvalue weighted by Gasteiger charge is 2.30. The molecule has 1 aliphatic rings. The van der Waals surface area contributed by atoms with Crippen molar-refractivity contribution in [2.45, 2.75) is 22.8 Å². The lowest BCUT2D eigenvalue weighted by Crippen LogP contribution is -2.44. The molecule has 2 atom stereocenters. The molecule has 1 aliphatic heterocycles. The summed E-state index contributed by atoms with van der Waals surface area (Å²) in [7, 11) is 0. The van der Waals surface area contributed by atoms with Crippen LogP contribution in [0.3, 0.4) is 0 Å². The molecule has 0 bridgehead atoms. The normalized spacial score (nSPS) is 17.5. The summed E-state index contributed by atoms with van der Waals surface area (Å²) in [5, 5.41) is 0.217. The first-order valence-corrected chi connectivity index (χ1v) is 12.5. The molecule has 1 saturated heterocycles. The Balaban J connectivity index is 1.42. The lowest BCUT2D eigenvalue weighted by molar-refractivity contribution is -0.0319. The summed E-state index contributed by atoms with van der Waals surface area (Å²) in [4.78, 5) is 3.82. The quantitative estimate of drug-likeness (QED) is 0.278. The summed E-state index contributed by atoms with van der Waals surface area (Å²) in [6, 6.07) is 41.0. The van der Waals surface area contributed by atoms with Crippen LogP contribution in [0.5, 0.6) is 0 Å². The molecule has 4 aromatic carbocycles. The van der Waals surface area contributed by atoms with Crippen LogP contribution in [-0.4, -0.2) is 30.7 Å². The second kappa shape index (κ2) is 10.8. The first kappa shape index (κ1) is 22.0. The maximum atomic E-state index is 6.42. The number of hydrogen-bond acceptors (Lipinski definition) is 3. The standard InChI is InChI=1S/C30H29NOS/c1-4-12-24(13-5-1)22-31-20-21-32-28(23-31)30(26-16-8-3-9-17-26)33-29-19-11-10-18-27(29)25-14-6-2-7-15-25/h1-19,28,30H,20-23H2/t28-,30?/m0/s1. The molecule has 0 aliphatic carbocycles. The summed E-state index contributed by atoms with van der Waals surface area (Å²) in [6.45, 7) is 3.63. The van der Waals surface area contributed by atoms with Gasteiger partial charge in [-0.3, -0.25) is 4.90 Å². The molecule has 1 heterocycles. The molecule has 1 unspecified atom stereocenters. The third-order valence-corrected chi connectivity index (χ3v) is 7.56.